The first-order chi connectivity index (χ1) is 10.6. The van der Waals surface area contributed by atoms with Crippen LogP contribution in [0.25, 0.3) is 21.9 Å². The number of hydrogen-bond donors (Lipinski definition) is 1. The predicted molar refractivity (Wildman–Crippen MR) is 78.8 cm³/mol. The summed E-state index contributed by atoms with van der Waals surface area (Å²) in [7, 11) is 4.27. The second kappa shape index (κ2) is 5.10. The first kappa shape index (κ1) is 14.0. The van der Waals surface area contributed by atoms with E-state index >= 15 is 0 Å². The molecule has 0 unspecified atom stereocenters. The van der Waals surface area contributed by atoms with E-state index in [0.717, 1.165) is 0 Å². The van der Waals surface area contributed by atoms with Gasteiger partial charge in [-0.1, -0.05) is 0 Å². The van der Waals surface area contributed by atoms with Crippen LogP contribution in [0.5, 0.6) is 11.5 Å². The molecule has 22 heavy (non-hydrogen) atoms. The average molecular weight is 303 g/mol. The van der Waals surface area contributed by atoms with Gasteiger partial charge in [-0.25, -0.2) is 9.59 Å². The lowest BCUT2D eigenvalue weighted by molar-refractivity contribution is 0.0595. The highest BCUT2D eigenvalue weighted by molar-refractivity contribution is 6.07. The number of methoxy groups -OCH3 is 3. The number of fused-ring (bicyclic) bond motifs is 3. The lowest BCUT2D eigenvalue weighted by Crippen LogP contribution is -2.03. The number of aromatic amines is 1. The summed E-state index contributed by atoms with van der Waals surface area (Å²) in [5.41, 5.74) is 0.127. The smallest absolute Gasteiger partial charge is 0.360 e. The zero-order valence-electron chi connectivity index (χ0n) is 12.2. The highest BCUT2D eigenvalue weighted by Gasteiger charge is 2.17. The summed E-state index contributed by atoms with van der Waals surface area (Å²) in [5.74, 6) is 0.372. The van der Waals surface area contributed by atoms with E-state index in [4.69, 9.17) is 13.9 Å². The lowest BCUT2D eigenvalue weighted by atomic mass is 10.1. The molecule has 0 bridgehead atoms. The SMILES string of the molecule is COC(=O)c1cc2c([nH]1)c(=O)oc1cc(OC)c(OC)cc12. The van der Waals surface area contributed by atoms with Crippen molar-refractivity contribution in [1.29, 1.82) is 0 Å². The fraction of sp³-hybridized carbons (Fsp3) is 0.200. The van der Waals surface area contributed by atoms with E-state index in [2.05, 4.69) is 9.72 Å². The highest BCUT2D eigenvalue weighted by atomic mass is 16.5. The van der Waals surface area contributed by atoms with Crippen molar-refractivity contribution in [2.24, 2.45) is 0 Å². The van der Waals surface area contributed by atoms with Crippen LogP contribution in [0, 0.1) is 0 Å². The summed E-state index contributed by atoms with van der Waals surface area (Å²) in [6, 6.07) is 4.81. The van der Waals surface area contributed by atoms with Crippen molar-refractivity contribution in [2.45, 2.75) is 0 Å². The molecule has 2 heterocycles. The molecule has 2 aromatic heterocycles. The van der Waals surface area contributed by atoms with Gasteiger partial charge in [0.1, 0.15) is 16.8 Å². The average Bonchev–Trinajstić information content (AvgIpc) is 2.99. The molecule has 0 saturated carbocycles. The third-order valence-corrected chi connectivity index (χ3v) is 3.41. The molecular weight excluding hydrogens is 290 g/mol. The van der Waals surface area contributed by atoms with Gasteiger partial charge in [-0.15, -0.1) is 0 Å². The normalized spacial score (nSPS) is 10.9. The first-order valence-corrected chi connectivity index (χ1v) is 6.39. The number of esters is 1. The Labute approximate surface area is 124 Å². The number of carbonyl (C=O) groups excluding carboxylic acids is 1. The number of ether oxygens (including phenoxy) is 3. The monoisotopic (exact) mass is 303 g/mol. The van der Waals surface area contributed by atoms with Gasteiger partial charge in [0.05, 0.1) is 21.3 Å². The van der Waals surface area contributed by atoms with Gasteiger partial charge in [0.2, 0.25) is 0 Å². The zero-order valence-corrected chi connectivity index (χ0v) is 12.2. The Balaban J connectivity index is 2.40. The van der Waals surface area contributed by atoms with Crippen LogP contribution in [0.3, 0.4) is 0 Å². The standard InChI is InChI=1S/C15H13NO6/c1-19-11-5-7-8-4-9(14(17)21-3)16-13(8)15(18)22-10(7)6-12(11)20-2/h4-6,16H,1-3H3. The number of nitrogens with one attached hydrogen (secondary N) is 1. The molecule has 0 aliphatic carbocycles. The third kappa shape index (κ3) is 1.98. The zero-order chi connectivity index (χ0) is 15.9. The maximum Gasteiger partial charge on any atom is 0.360 e. The second-order valence-corrected chi connectivity index (χ2v) is 4.56. The topological polar surface area (TPSA) is 90.8 Å². The Hall–Kier alpha value is -2.96. The van der Waals surface area contributed by atoms with Crippen LogP contribution in [0.4, 0.5) is 0 Å². The molecule has 0 aliphatic rings. The Morgan fingerprint density at radius 1 is 1.05 bits per heavy atom. The van der Waals surface area contributed by atoms with Crippen molar-refractivity contribution >= 4 is 27.8 Å². The molecular formula is C15H13NO6. The fourth-order valence-corrected chi connectivity index (χ4v) is 2.35. The summed E-state index contributed by atoms with van der Waals surface area (Å²) in [6.07, 6.45) is 0. The molecule has 0 fully saturated rings. The second-order valence-electron chi connectivity index (χ2n) is 4.56. The number of carbonyl (C=O) groups is 1. The molecule has 0 radical (unpaired) electrons. The quantitative estimate of drug-likeness (QED) is 0.588. The van der Waals surface area contributed by atoms with Crippen LogP contribution >= 0.6 is 0 Å². The van der Waals surface area contributed by atoms with Gasteiger partial charge in [0.25, 0.3) is 0 Å². The minimum Gasteiger partial charge on any atom is -0.493 e. The number of H-pyrrole nitrogens is 1. The van der Waals surface area contributed by atoms with Crippen LogP contribution in [0.1, 0.15) is 10.5 Å². The van der Waals surface area contributed by atoms with Crippen molar-refractivity contribution in [2.75, 3.05) is 21.3 Å². The molecule has 3 rings (SSSR count). The number of benzene rings is 1. The molecule has 1 N–H and O–H groups in total. The van der Waals surface area contributed by atoms with Gasteiger partial charge in [0, 0.05) is 16.8 Å². The Morgan fingerprint density at radius 2 is 1.73 bits per heavy atom. The first-order valence-electron chi connectivity index (χ1n) is 6.39. The summed E-state index contributed by atoms with van der Waals surface area (Å²) >= 11 is 0. The molecule has 3 aromatic rings. The molecule has 0 amide bonds. The summed E-state index contributed by atoms with van der Waals surface area (Å²) in [6.45, 7) is 0. The molecule has 0 saturated heterocycles. The summed E-state index contributed by atoms with van der Waals surface area (Å²) < 4.78 is 20.4. The van der Waals surface area contributed by atoms with E-state index in [0.29, 0.717) is 27.9 Å². The summed E-state index contributed by atoms with van der Waals surface area (Å²) in [4.78, 5) is 26.4. The van der Waals surface area contributed by atoms with Crippen LogP contribution in [0.2, 0.25) is 0 Å². The molecule has 7 nitrogen and oxygen atoms in total. The van der Waals surface area contributed by atoms with Crippen molar-refractivity contribution < 1.29 is 23.4 Å². The van der Waals surface area contributed by atoms with Crippen molar-refractivity contribution in [3.05, 3.63) is 34.3 Å². The van der Waals surface area contributed by atoms with E-state index in [1.165, 1.54) is 21.3 Å². The largest absolute Gasteiger partial charge is 0.493 e. The Kier molecular flexibility index (Phi) is 3.25. The van der Waals surface area contributed by atoms with Crippen molar-refractivity contribution in [3.63, 3.8) is 0 Å². The van der Waals surface area contributed by atoms with Crippen molar-refractivity contribution in [1.82, 2.24) is 4.98 Å². The van der Waals surface area contributed by atoms with Gasteiger partial charge < -0.3 is 23.6 Å². The third-order valence-electron chi connectivity index (χ3n) is 3.41. The number of hydrogen-bond acceptors (Lipinski definition) is 6. The van der Waals surface area contributed by atoms with E-state index < -0.39 is 11.6 Å². The van der Waals surface area contributed by atoms with Gasteiger partial charge >= 0.3 is 11.6 Å². The molecule has 7 heteroatoms. The van der Waals surface area contributed by atoms with E-state index in [9.17, 15) is 9.59 Å². The Bertz CT molecular complexity index is 936. The fourth-order valence-electron chi connectivity index (χ4n) is 2.35. The van der Waals surface area contributed by atoms with E-state index in [1.807, 2.05) is 0 Å². The minimum atomic E-state index is -0.579. The summed E-state index contributed by atoms with van der Waals surface area (Å²) in [5, 5.41) is 1.17. The predicted octanol–water partition coefficient (Wildman–Crippen LogP) is 2.08. The molecule has 0 aliphatic heterocycles. The maximum atomic E-state index is 12.0. The van der Waals surface area contributed by atoms with Crippen LogP contribution < -0.4 is 15.1 Å². The van der Waals surface area contributed by atoms with Gasteiger partial charge in [-0.3, -0.25) is 0 Å². The number of rotatable bonds is 3. The molecule has 0 spiro atoms. The maximum absolute atomic E-state index is 12.0. The van der Waals surface area contributed by atoms with Gasteiger partial charge in [-0.05, 0) is 12.1 Å². The van der Waals surface area contributed by atoms with Crippen LogP contribution in [0.15, 0.2) is 27.4 Å². The van der Waals surface area contributed by atoms with Crippen molar-refractivity contribution in [3.8, 4) is 11.5 Å². The van der Waals surface area contributed by atoms with E-state index in [1.54, 1.807) is 18.2 Å². The minimum absolute atomic E-state index is 0.173. The lowest BCUT2D eigenvalue weighted by Gasteiger charge is -2.08. The molecule has 0 atom stereocenters. The van der Waals surface area contributed by atoms with Gasteiger partial charge in [0.15, 0.2) is 11.5 Å². The van der Waals surface area contributed by atoms with E-state index in [-0.39, 0.29) is 11.2 Å². The van der Waals surface area contributed by atoms with Crippen LogP contribution in [-0.2, 0) is 4.74 Å². The Morgan fingerprint density at radius 3 is 2.36 bits per heavy atom. The van der Waals surface area contributed by atoms with Crippen LogP contribution in [-0.4, -0.2) is 32.3 Å². The highest BCUT2D eigenvalue weighted by Crippen LogP contribution is 2.34. The molecule has 114 valence electrons. The van der Waals surface area contributed by atoms with Gasteiger partial charge in [-0.2, -0.15) is 0 Å². The number of aromatic nitrogens is 1. The molecule has 1 aromatic carbocycles.